The summed E-state index contributed by atoms with van der Waals surface area (Å²) >= 11 is 6.10. The van der Waals surface area contributed by atoms with Crippen molar-refractivity contribution >= 4 is 41.2 Å². The first-order valence-corrected chi connectivity index (χ1v) is 13.9. The Kier molecular flexibility index (Phi) is 10.4. The Bertz CT molecular complexity index is 1090. The Morgan fingerprint density at radius 2 is 1.82 bits per heavy atom. The average Bonchev–Trinajstić information content (AvgIpc) is 3.60. The number of carbonyl (C=O) groups is 5. The highest BCUT2D eigenvalue weighted by Gasteiger charge is 2.37. The SMILES string of the molecule is CC(C)C[C@H](NC(=O)OCC(C)(C)c1cccc(Cl)c1)C(=O)N[C@@H](C[C@@H]1CCNC1=O)C(=O)C(=O)NC1CC1. The molecule has 3 rings (SSSR count). The van der Waals surface area contributed by atoms with Gasteiger partial charge < -0.3 is 26.0 Å². The van der Waals surface area contributed by atoms with Crippen LogP contribution in [0.4, 0.5) is 4.79 Å². The largest absolute Gasteiger partial charge is 0.449 e. The lowest BCUT2D eigenvalue weighted by Gasteiger charge is -2.27. The van der Waals surface area contributed by atoms with E-state index in [1.807, 2.05) is 39.8 Å². The van der Waals surface area contributed by atoms with E-state index < -0.39 is 47.1 Å². The third-order valence-corrected chi connectivity index (χ3v) is 7.17. The van der Waals surface area contributed by atoms with Crippen LogP contribution in [0.2, 0.25) is 5.02 Å². The van der Waals surface area contributed by atoms with Gasteiger partial charge >= 0.3 is 6.09 Å². The number of hydrogen-bond acceptors (Lipinski definition) is 6. The fraction of sp³-hybridized carbons (Fsp3) is 0.607. The molecule has 1 saturated heterocycles. The van der Waals surface area contributed by atoms with Crippen LogP contribution in [0, 0.1) is 11.8 Å². The van der Waals surface area contributed by atoms with Crippen LogP contribution < -0.4 is 21.3 Å². The van der Waals surface area contributed by atoms with Gasteiger partial charge in [0.05, 0.1) is 6.04 Å². The molecule has 1 saturated carbocycles. The molecule has 0 bridgehead atoms. The van der Waals surface area contributed by atoms with Crippen molar-refractivity contribution in [3.63, 3.8) is 0 Å². The number of ketones is 1. The fourth-order valence-electron chi connectivity index (χ4n) is 4.43. The Morgan fingerprint density at radius 3 is 2.41 bits per heavy atom. The molecule has 2 fully saturated rings. The minimum absolute atomic E-state index is 0.00115. The normalized spacial score (nSPS) is 18.6. The standard InChI is InChI=1S/C28H39ClN4O6/c1-16(2)12-22(33-27(38)39-15-28(3,4)18-6-5-7-19(29)14-18)25(36)32-21(13-17-10-11-30-24(17)35)23(34)26(37)31-20-8-9-20/h5-7,14,16-17,20-22H,8-13,15H2,1-4H3,(H,30,35)(H,31,37)(H,32,36)(H,33,38)/t17-,21-,22-/m0/s1. The number of Topliss-reactive ketones (excluding diaryl/α,β-unsaturated/α-hetero) is 1. The smallest absolute Gasteiger partial charge is 0.407 e. The number of halogens is 1. The van der Waals surface area contributed by atoms with Crippen molar-refractivity contribution < 1.29 is 28.7 Å². The molecule has 1 heterocycles. The molecular formula is C28H39ClN4O6. The summed E-state index contributed by atoms with van der Waals surface area (Å²) in [5.41, 5.74) is 0.354. The second kappa shape index (κ2) is 13.3. The summed E-state index contributed by atoms with van der Waals surface area (Å²) in [7, 11) is 0. The average molecular weight is 563 g/mol. The molecule has 0 radical (unpaired) electrons. The van der Waals surface area contributed by atoms with E-state index in [2.05, 4.69) is 21.3 Å². The Hall–Kier alpha value is -3.14. The highest BCUT2D eigenvalue weighted by atomic mass is 35.5. The molecular weight excluding hydrogens is 524 g/mol. The molecule has 10 nitrogen and oxygen atoms in total. The van der Waals surface area contributed by atoms with E-state index in [4.69, 9.17) is 16.3 Å². The lowest BCUT2D eigenvalue weighted by molar-refractivity contribution is -0.141. The highest BCUT2D eigenvalue weighted by molar-refractivity contribution is 6.38. The minimum atomic E-state index is -1.20. The molecule has 2 aliphatic rings. The van der Waals surface area contributed by atoms with Gasteiger partial charge in [-0.15, -0.1) is 0 Å². The van der Waals surface area contributed by atoms with Crippen molar-refractivity contribution in [3.05, 3.63) is 34.9 Å². The molecule has 0 spiro atoms. The number of carbonyl (C=O) groups excluding carboxylic acids is 5. The fourth-order valence-corrected chi connectivity index (χ4v) is 4.62. The van der Waals surface area contributed by atoms with E-state index in [9.17, 15) is 24.0 Å². The van der Waals surface area contributed by atoms with E-state index >= 15 is 0 Å². The van der Waals surface area contributed by atoms with Gasteiger partial charge in [0, 0.05) is 28.9 Å². The van der Waals surface area contributed by atoms with Crippen molar-refractivity contribution in [3.8, 4) is 0 Å². The molecule has 1 aliphatic carbocycles. The van der Waals surface area contributed by atoms with Gasteiger partial charge in [-0.3, -0.25) is 19.2 Å². The molecule has 1 aromatic carbocycles. The van der Waals surface area contributed by atoms with Crippen LogP contribution in [0.3, 0.4) is 0 Å². The number of rotatable bonds is 13. The first-order chi connectivity index (χ1) is 18.4. The molecule has 1 aliphatic heterocycles. The molecule has 0 aromatic heterocycles. The van der Waals surface area contributed by atoms with Crippen LogP contribution in [0.1, 0.15) is 65.4 Å². The van der Waals surface area contributed by atoms with Crippen LogP contribution in [0.15, 0.2) is 24.3 Å². The molecule has 0 unspecified atom stereocenters. The summed E-state index contributed by atoms with van der Waals surface area (Å²) < 4.78 is 5.47. The van der Waals surface area contributed by atoms with E-state index in [-0.39, 0.29) is 37.3 Å². The van der Waals surface area contributed by atoms with E-state index in [1.54, 1.807) is 12.1 Å². The Labute approximate surface area is 234 Å². The molecule has 39 heavy (non-hydrogen) atoms. The zero-order valence-corrected chi connectivity index (χ0v) is 23.7. The van der Waals surface area contributed by atoms with Crippen molar-refractivity contribution in [1.82, 2.24) is 21.3 Å². The highest BCUT2D eigenvalue weighted by Crippen LogP contribution is 2.26. The Balaban J connectivity index is 1.66. The van der Waals surface area contributed by atoms with Gasteiger partial charge in [-0.25, -0.2) is 4.79 Å². The van der Waals surface area contributed by atoms with Crippen molar-refractivity contribution in [2.24, 2.45) is 11.8 Å². The first kappa shape index (κ1) is 30.4. The number of ether oxygens (including phenoxy) is 1. The quantitative estimate of drug-likeness (QED) is 0.272. The number of hydrogen-bond donors (Lipinski definition) is 4. The first-order valence-electron chi connectivity index (χ1n) is 13.5. The summed E-state index contributed by atoms with van der Waals surface area (Å²) in [4.78, 5) is 63.7. The Morgan fingerprint density at radius 1 is 1.10 bits per heavy atom. The van der Waals surface area contributed by atoms with Crippen LogP contribution in [-0.2, 0) is 29.3 Å². The van der Waals surface area contributed by atoms with Crippen molar-refractivity contribution in [2.75, 3.05) is 13.2 Å². The van der Waals surface area contributed by atoms with Gasteiger partial charge in [0.25, 0.3) is 5.91 Å². The summed E-state index contributed by atoms with van der Waals surface area (Å²) in [6.07, 6.45) is 1.61. The lowest BCUT2D eigenvalue weighted by atomic mass is 9.86. The summed E-state index contributed by atoms with van der Waals surface area (Å²) in [6.45, 7) is 8.11. The van der Waals surface area contributed by atoms with E-state index in [0.717, 1.165) is 18.4 Å². The number of amides is 4. The maximum atomic E-state index is 13.3. The van der Waals surface area contributed by atoms with Gasteiger partial charge in [0.2, 0.25) is 17.6 Å². The number of nitrogens with one attached hydrogen (secondary N) is 4. The van der Waals surface area contributed by atoms with E-state index in [1.165, 1.54) is 0 Å². The second-order valence-electron chi connectivity index (χ2n) is 11.5. The predicted octanol–water partition coefficient (Wildman–Crippen LogP) is 2.62. The monoisotopic (exact) mass is 562 g/mol. The molecule has 11 heteroatoms. The maximum absolute atomic E-state index is 13.3. The molecule has 3 atom stereocenters. The van der Waals surface area contributed by atoms with Crippen LogP contribution in [0.5, 0.6) is 0 Å². The zero-order chi connectivity index (χ0) is 28.7. The van der Waals surface area contributed by atoms with Crippen LogP contribution >= 0.6 is 11.6 Å². The summed E-state index contributed by atoms with van der Waals surface area (Å²) in [5.74, 6) is -2.89. The lowest BCUT2D eigenvalue weighted by Crippen LogP contribution is -2.55. The van der Waals surface area contributed by atoms with Crippen LogP contribution in [-0.4, -0.2) is 60.9 Å². The van der Waals surface area contributed by atoms with Gasteiger partial charge in [-0.1, -0.05) is 51.4 Å². The van der Waals surface area contributed by atoms with Crippen LogP contribution in [0.25, 0.3) is 0 Å². The summed E-state index contributed by atoms with van der Waals surface area (Å²) in [5, 5.41) is 11.2. The second-order valence-corrected chi connectivity index (χ2v) is 11.9. The van der Waals surface area contributed by atoms with Gasteiger partial charge in [-0.05, 0) is 55.7 Å². The van der Waals surface area contributed by atoms with Crippen molar-refractivity contribution in [2.45, 2.75) is 83.3 Å². The molecule has 4 amide bonds. The third-order valence-electron chi connectivity index (χ3n) is 6.94. The minimum Gasteiger partial charge on any atom is -0.449 e. The number of benzene rings is 1. The van der Waals surface area contributed by atoms with Gasteiger partial charge in [0.15, 0.2) is 0 Å². The predicted molar refractivity (Wildman–Crippen MR) is 146 cm³/mol. The maximum Gasteiger partial charge on any atom is 0.407 e. The third kappa shape index (κ3) is 9.23. The van der Waals surface area contributed by atoms with Gasteiger partial charge in [0.1, 0.15) is 12.6 Å². The molecule has 214 valence electrons. The summed E-state index contributed by atoms with van der Waals surface area (Å²) in [6, 6.07) is 5.04. The zero-order valence-electron chi connectivity index (χ0n) is 23.0. The topological polar surface area (TPSA) is 143 Å². The number of alkyl carbamates (subject to hydrolysis) is 1. The molecule has 4 N–H and O–H groups in total. The molecule has 1 aromatic rings. The van der Waals surface area contributed by atoms with E-state index in [0.29, 0.717) is 18.0 Å². The van der Waals surface area contributed by atoms with Crippen molar-refractivity contribution in [1.29, 1.82) is 0 Å². The van der Waals surface area contributed by atoms with Gasteiger partial charge in [-0.2, -0.15) is 0 Å².